The van der Waals surface area contributed by atoms with Crippen molar-refractivity contribution in [1.29, 1.82) is 0 Å². The molecule has 1 aromatic rings. The van der Waals surface area contributed by atoms with Crippen molar-refractivity contribution in [3.8, 4) is 0 Å². The molecule has 3 rings (SSSR count). The van der Waals surface area contributed by atoms with E-state index in [4.69, 9.17) is 4.99 Å². The molecule has 8 nitrogen and oxygen atoms in total. The molecule has 1 aliphatic carbocycles. The molecule has 2 atom stereocenters. The summed E-state index contributed by atoms with van der Waals surface area (Å²) in [7, 11) is 0. The number of urea groups is 1. The molecule has 2 fully saturated rings. The Morgan fingerprint density at radius 3 is 2.35 bits per heavy atom. The van der Waals surface area contributed by atoms with Crippen LogP contribution in [0.2, 0.25) is 0 Å². The molecule has 3 N–H and O–H groups in total. The minimum atomic E-state index is -0.692. The summed E-state index contributed by atoms with van der Waals surface area (Å²) < 4.78 is 0. The summed E-state index contributed by atoms with van der Waals surface area (Å²) in [5.41, 5.74) is 0.487. The lowest BCUT2D eigenvalue weighted by Crippen LogP contribution is -2.55. The van der Waals surface area contributed by atoms with Crippen LogP contribution in [0.25, 0.3) is 0 Å². The van der Waals surface area contributed by atoms with Crippen molar-refractivity contribution in [3.05, 3.63) is 35.9 Å². The highest BCUT2D eigenvalue weighted by Crippen LogP contribution is 2.29. The normalized spacial score (nSPS) is 21.5. The second kappa shape index (κ2) is 11.0. The maximum absolute atomic E-state index is 13.1. The first-order valence-corrected chi connectivity index (χ1v) is 12.4. The molecule has 1 saturated carbocycles. The first-order valence-electron chi connectivity index (χ1n) is 12.4. The van der Waals surface area contributed by atoms with Crippen LogP contribution in [-0.4, -0.2) is 52.7 Å². The van der Waals surface area contributed by atoms with E-state index >= 15 is 0 Å². The molecule has 8 heteroatoms. The third-order valence-electron chi connectivity index (χ3n) is 6.16. The minimum Gasteiger partial charge on any atom is -0.350 e. The highest BCUT2D eigenvalue weighted by Gasteiger charge is 2.40. The summed E-state index contributed by atoms with van der Waals surface area (Å²) in [5, 5.41) is 8.68. The monoisotopic (exact) mass is 469 g/mol. The molecule has 0 radical (unpaired) electrons. The summed E-state index contributed by atoms with van der Waals surface area (Å²) in [6, 6.07) is 8.34. The molecule has 2 aliphatic rings. The average molecular weight is 470 g/mol. The summed E-state index contributed by atoms with van der Waals surface area (Å²) in [6.45, 7) is 9.30. The van der Waals surface area contributed by atoms with E-state index in [-0.39, 0.29) is 36.3 Å². The fourth-order valence-corrected chi connectivity index (χ4v) is 4.52. The number of amidine groups is 1. The van der Waals surface area contributed by atoms with E-state index in [1.165, 1.54) is 11.3 Å². The van der Waals surface area contributed by atoms with Gasteiger partial charge in [0, 0.05) is 5.54 Å². The van der Waals surface area contributed by atoms with Crippen molar-refractivity contribution < 1.29 is 14.4 Å². The summed E-state index contributed by atoms with van der Waals surface area (Å²) in [5.74, 6) is -0.118. The van der Waals surface area contributed by atoms with Gasteiger partial charge in [-0.3, -0.25) is 19.9 Å². The molecule has 34 heavy (non-hydrogen) atoms. The van der Waals surface area contributed by atoms with Crippen LogP contribution in [0.4, 0.5) is 4.79 Å². The highest BCUT2D eigenvalue weighted by atomic mass is 16.2. The lowest BCUT2D eigenvalue weighted by atomic mass is 9.95. The van der Waals surface area contributed by atoms with Crippen LogP contribution in [0, 0.1) is 5.92 Å². The Kier molecular flexibility index (Phi) is 8.33. The Morgan fingerprint density at radius 2 is 1.76 bits per heavy atom. The van der Waals surface area contributed by atoms with Crippen LogP contribution in [0.5, 0.6) is 0 Å². The molecular weight excluding hydrogens is 430 g/mol. The number of nitrogens with zero attached hydrogens (tertiary/aromatic N) is 2. The van der Waals surface area contributed by atoms with Crippen molar-refractivity contribution in [3.63, 3.8) is 0 Å². The standard InChI is InChI=1S/C26H39N5O3/c1-17(2)21(24(33)30-26(3,4)5)28-20(32)16-31-22(18-12-8-6-9-13-18)23(29-25(31)34)27-19-14-10-7-11-15-19/h6,8-9,12-13,17,19,21-22H,7,10-11,14-16H2,1-5H3,(H,28,32)(H,30,33)(H,27,29,34). The maximum Gasteiger partial charge on any atom is 0.324 e. The zero-order valence-electron chi connectivity index (χ0n) is 21.1. The smallest absolute Gasteiger partial charge is 0.324 e. The maximum atomic E-state index is 13.1. The molecule has 1 aromatic carbocycles. The molecule has 186 valence electrons. The third-order valence-corrected chi connectivity index (χ3v) is 6.16. The van der Waals surface area contributed by atoms with E-state index in [9.17, 15) is 14.4 Å². The molecule has 2 unspecified atom stereocenters. The molecular formula is C26H39N5O3. The summed E-state index contributed by atoms with van der Waals surface area (Å²) >= 11 is 0. The molecule has 1 saturated heterocycles. The average Bonchev–Trinajstić information content (AvgIpc) is 3.06. The molecule has 0 bridgehead atoms. The number of rotatable bonds is 7. The fraction of sp³-hybridized carbons (Fsp3) is 0.615. The molecule has 1 heterocycles. The van der Waals surface area contributed by atoms with E-state index in [1.807, 2.05) is 65.0 Å². The van der Waals surface area contributed by atoms with Gasteiger partial charge in [0.2, 0.25) is 11.8 Å². The van der Waals surface area contributed by atoms with Crippen LogP contribution in [-0.2, 0) is 9.59 Å². The van der Waals surface area contributed by atoms with Gasteiger partial charge in [0.25, 0.3) is 0 Å². The Morgan fingerprint density at radius 1 is 1.12 bits per heavy atom. The van der Waals surface area contributed by atoms with Gasteiger partial charge in [0.15, 0.2) is 0 Å². The van der Waals surface area contributed by atoms with Crippen molar-refractivity contribution in [2.24, 2.45) is 10.9 Å². The quantitative estimate of drug-likeness (QED) is 0.569. The number of benzene rings is 1. The second-order valence-corrected chi connectivity index (χ2v) is 10.7. The lowest BCUT2D eigenvalue weighted by Gasteiger charge is -2.29. The Bertz CT molecular complexity index is 901. The van der Waals surface area contributed by atoms with Gasteiger partial charge in [-0.05, 0) is 45.1 Å². The van der Waals surface area contributed by atoms with Crippen molar-refractivity contribution in [1.82, 2.24) is 20.9 Å². The van der Waals surface area contributed by atoms with Gasteiger partial charge in [-0.2, -0.15) is 0 Å². The largest absolute Gasteiger partial charge is 0.350 e. The molecule has 1 aliphatic heterocycles. The Hall–Kier alpha value is -2.90. The number of carbonyl (C=O) groups excluding carboxylic acids is 3. The first kappa shape index (κ1) is 25.7. The summed E-state index contributed by atoms with van der Waals surface area (Å²) in [6.07, 6.45) is 5.54. The van der Waals surface area contributed by atoms with E-state index in [2.05, 4.69) is 16.0 Å². The van der Waals surface area contributed by atoms with E-state index in [1.54, 1.807) is 0 Å². The Balaban J connectivity index is 1.79. The highest BCUT2D eigenvalue weighted by molar-refractivity contribution is 6.08. The van der Waals surface area contributed by atoms with Crippen LogP contribution in [0.1, 0.15) is 78.3 Å². The van der Waals surface area contributed by atoms with Gasteiger partial charge in [-0.25, -0.2) is 4.79 Å². The van der Waals surface area contributed by atoms with Crippen LogP contribution in [0.3, 0.4) is 0 Å². The molecule has 0 aromatic heterocycles. The van der Waals surface area contributed by atoms with Gasteiger partial charge in [-0.15, -0.1) is 0 Å². The van der Waals surface area contributed by atoms with Crippen LogP contribution in [0.15, 0.2) is 35.3 Å². The predicted molar refractivity (Wildman–Crippen MR) is 133 cm³/mol. The van der Waals surface area contributed by atoms with Crippen molar-refractivity contribution >= 4 is 23.7 Å². The van der Waals surface area contributed by atoms with E-state index < -0.39 is 17.6 Å². The van der Waals surface area contributed by atoms with Gasteiger partial charge >= 0.3 is 6.03 Å². The topological polar surface area (TPSA) is 103 Å². The second-order valence-electron chi connectivity index (χ2n) is 10.7. The zero-order chi connectivity index (χ0) is 24.9. The fourth-order valence-electron chi connectivity index (χ4n) is 4.52. The number of hydrogen-bond donors (Lipinski definition) is 3. The predicted octanol–water partition coefficient (Wildman–Crippen LogP) is 3.54. The third kappa shape index (κ3) is 6.81. The van der Waals surface area contributed by atoms with E-state index in [0.717, 1.165) is 31.2 Å². The number of nitrogens with one attached hydrogen (secondary N) is 3. The lowest BCUT2D eigenvalue weighted by molar-refractivity contribution is -0.131. The number of aliphatic imine (C=N–C) groups is 1. The van der Waals surface area contributed by atoms with Crippen LogP contribution < -0.4 is 16.0 Å². The van der Waals surface area contributed by atoms with E-state index in [0.29, 0.717) is 5.84 Å². The number of carbonyl (C=O) groups is 3. The van der Waals surface area contributed by atoms with Gasteiger partial charge in [0.05, 0.1) is 6.04 Å². The Labute approximate surface area is 203 Å². The van der Waals surface area contributed by atoms with Crippen molar-refractivity contribution in [2.45, 2.75) is 90.4 Å². The minimum absolute atomic E-state index is 0.105. The molecule has 0 spiro atoms. The molecule has 4 amide bonds. The SMILES string of the molecule is CC(C)C(NC(=O)CN1C(=O)NC(=NC2CCCCC2)C1c1ccccc1)C(=O)NC(C)(C)C. The van der Waals surface area contributed by atoms with Gasteiger partial charge in [-0.1, -0.05) is 63.4 Å². The number of hydrogen-bond acceptors (Lipinski definition) is 4. The first-order chi connectivity index (χ1) is 16.0. The van der Waals surface area contributed by atoms with Crippen LogP contribution >= 0.6 is 0 Å². The van der Waals surface area contributed by atoms with Crippen molar-refractivity contribution in [2.75, 3.05) is 6.54 Å². The zero-order valence-corrected chi connectivity index (χ0v) is 21.1. The number of amides is 4. The summed E-state index contributed by atoms with van der Waals surface area (Å²) in [4.78, 5) is 45.2. The van der Waals surface area contributed by atoms with Gasteiger partial charge < -0.3 is 15.5 Å². The van der Waals surface area contributed by atoms with Gasteiger partial charge in [0.1, 0.15) is 24.5 Å².